The fourth-order valence-electron chi connectivity index (χ4n) is 5.82. The molecular weight excluding hydrogens is 785 g/mol. The molecule has 1 unspecified atom stereocenters. The van der Waals surface area contributed by atoms with Crippen molar-refractivity contribution in [1.82, 2.24) is 21.3 Å². The van der Waals surface area contributed by atoms with Crippen molar-refractivity contribution in [1.29, 1.82) is 0 Å². The minimum absolute atomic E-state index is 0.0274. The topological polar surface area (TPSA) is 288 Å². The summed E-state index contributed by atoms with van der Waals surface area (Å²) in [5, 5.41) is 28.4. The van der Waals surface area contributed by atoms with E-state index in [1.807, 2.05) is 0 Å². The standard InChI is InChI=1S/C40H72BN5O14/c41-39(54)31(17-19-33(42)47)45-37(51)30-60-28-26-58-24-22-44-36(50)29-59-27-25-57-23-21-43-34(48)20-18-32(40(55)56)46-35(49)15-13-11-9-7-5-3-1-2-4-6-8-10-12-14-16-38(52)53/h31-32H,1-30,41H2,(H2,42,47)(H,43,48)(H,44,50)(H,45,51)(H,46,49)(H,52,53)(H,55,56)/t31?,32-/m0/s1. The Morgan fingerprint density at radius 2 is 0.883 bits per heavy atom. The van der Waals surface area contributed by atoms with Gasteiger partial charge in [0, 0.05) is 38.8 Å². The molecular formula is C40H72BN5O14. The molecule has 8 N–H and O–H groups in total. The van der Waals surface area contributed by atoms with Gasteiger partial charge in [0.05, 0.1) is 45.7 Å². The van der Waals surface area contributed by atoms with Crippen molar-refractivity contribution >= 4 is 55.0 Å². The van der Waals surface area contributed by atoms with Crippen molar-refractivity contribution < 1.29 is 67.5 Å². The average Bonchev–Trinajstić information content (AvgIpc) is 3.19. The monoisotopic (exact) mass is 858 g/mol. The van der Waals surface area contributed by atoms with E-state index in [1.54, 1.807) is 0 Å². The highest BCUT2D eigenvalue weighted by atomic mass is 16.5. The molecule has 2 atom stereocenters. The number of nitrogens with two attached hydrogens (primary N) is 1. The summed E-state index contributed by atoms with van der Waals surface area (Å²) in [5.41, 5.74) is 4.78. The van der Waals surface area contributed by atoms with Crippen LogP contribution in [0.1, 0.15) is 128 Å². The molecule has 0 aliphatic heterocycles. The van der Waals surface area contributed by atoms with Crippen LogP contribution in [0.15, 0.2) is 0 Å². The molecule has 20 heteroatoms. The van der Waals surface area contributed by atoms with Crippen LogP contribution >= 0.6 is 0 Å². The van der Waals surface area contributed by atoms with Gasteiger partial charge in [-0.15, -0.1) is 0 Å². The second-order valence-corrected chi connectivity index (χ2v) is 14.6. The number of hydrogen-bond donors (Lipinski definition) is 7. The molecule has 0 aliphatic carbocycles. The maximum Gasteiger partial charge on any atom is 0.326 e. The van der Waals surface area contributed by atoms with E-state index in [1.165, 1.54) is 46.4 Å². The summed E-state index contributed by atoms with van der Waals surface area (Å²) in [7, 11) is 1.31. The normalized spacial score (nSPS) is 11.9. The maximum atomic E-state index is 12.3. The third kappa shape index (κ3) is 38.1. The van der Waals surface area contributed by atoms with Crippen molar-refractivity contribution in [3.8, 4) is 0 Å². The second kappa shape index (κ2) is 39.0. The number of aliphatic carboxylic acids is 2. The van der Waals surface area contributed by atoms with E-state index in [0.29, 0.717) is 6.42 Å². The zero-order valence-electron chi connectivity index (χ0n) is 35.7. The number of carboxylic acid groups (broad SMARTS) is 2. The van der Waals surface area contributed by atoms with Crippen LogP contribution < -0.4 is 27.0 Å². The number of primary amides is 1. The number of carboxylic acids is 2. The Hall–Kier alpha value is -4.14. The maximum absolute atomic E-state index is 12.3. The summed E-state index contributed by atoms with van der Waals surface area (Å²) in [5.74, 6) is -4.05. The van der Waals surface area contributed by atoms with Crippen molar-refractivity contribution in [2.45, 2.75) is 141 Å². The first-order valence-corrected chi connectivity index (χ1v) is 21.5. The highest BCUT2D eigenvalue weighted by molar-refractivity contribution is 6.59. The van der Waals surface area contributed by atoms with Crippen molar-refractivity contribution in [2.24, 2.45) is 5.73 Å². The molecule has 19 nitrogen and oxygen atoms in total. The zero-order chi connectivity index (χ0) is 44.6. The van der Waals surface area contributed by atoms with E-state index < -0.39 is 35.8 Å². The minimum atomic E-state index is -1.19. The Morgan fingerprint density at radius 1 is 0.467 bits per heavy atom. The highest BCUT2D eigenvalue weighted by Gasteiger charge is 2.21. The Balaban J connectivity index is 3.72. The SMILES string of the molecule is BC(=O)C(CCC(N)=O)NC(=O)COCCOCCNC(=O)COCCOCCNC(=O)CC[C@H](NC(=O)CCCCCCCCCCCCCCCCC(=O)O)C(=O)O. The lowest BCUT2D eigenvalue weighted by atomic mass is 9.92. The molecule has 0 rings (SSSR count). The molecule has 0 aromatic carbocycles. The first kappa shape index (κ1) is 55.9. The fourth-order valence-corrected chi connectivity index (χ4v) is 5.82. The first-order chi connectivity index (χ1) is 28.8. The van der Waals surface area contributed by atoms with Crippen LogP contribution in [0.4, 0.5) is 0 Å². The van der Waals surface area contributed by atoms with Gasteiger partial charge in [-0.3, -0.25) is 28.8 Å². The summed E-state index contributed by atoms with van der Waals surface area (Å²) in [6.07, 6.45) is 15.5. The van der Waals surface area contributed by atoms with Gasteiger partial charge in [-0.2, -0.15) is 0 Å². The van der Waals surface area contributed by atoms with Crippen LogP contribution in [-0.2, 0) is 57.3 Å². The van der Waals surface area contributed by atoms with Crippen molar-refractivity contribution in [2.75, 3.05) is 65.9 Å². The molecule has 344 valence electrons. The molecule has 0 spiro atoms. The van der Waals surface area contributed by atoms with Crippen LogP contribution in [0.2, 0.25) is 0 Å². The summed E-state index contributed by atoms with van der Waals surface area (Å²) in [6.45, 7) is 0.928. The minimum Gasteiger partial charge on any atom is -0.481 e. The van der Waals surface area contributed by atoms with Gasteiger partial charge in [0.25, 0.3) is 0 Å². The number of nitrogens with one attached hydrogen (secondary N) is 4. The molecule has 0 saturated heterocycles. The molecule has 0 saturated carbocycles. The van der Waals surface area contributed by atoms with Gasteiger partial charge >= 0.3 is 11.9 Å². The van der Waals surface area contributed by atoms with Gasteiger partial charge in [-0.1, -0.05) is 77.0 Å². The predicted octanol–water partition coefficient (Wildman–Crippen LogP) is 0.871. The number of carbonyl (C=O) groups excluding carboxylic acids is 6. The van der Waals surface area contributed by atoms with Gasteiger partial charge in [0.15, 0.2) is 7.85 Å². The molecule has 0 fully saturated rings. The van der Waals surface area contributed by atoms with E-state index in [0.717, 1.165) is 44.9 Å². The highest BCUT2D eigenvalue weighted by Crippen LogP contribution is 2.14. The molecule has 0 aromatic rings. The summed E-state index contributed by atoms with van der Waals surface area (Å²) in [4.78, 5) is 92.9. The molecule has 0 heterocycles. The number of amides is 5. The van der Waals surface area contributed by atoms with E-state index in [-0.39, 0.29) is 128 Å². The Labute approximate surface area is 355 Å². The Bertz CT molecular complexity index is 1240. The van der Waals surface area contributed by atoms with Gasteiger partial charge < -0.3 is 61.0 Å². The largest absolute Gasteiger partial charge is 0.481 e. The predicted molar refractivity (Wildman–Crippen MR) is 224 cm³/mol. The number of ether oxygens (including phenoxy) is 4. The summed E-state index contributed by atoms with van der Waals surface area (Å²) in [6, 6.07) is -1.96. The third-order valence-electron chi connectivity index (χ3n) is 9.19. The van der Waals surface area contributed by atoms with E-state index in [2.05, 4.69) is 21.3 Å². The lowest BCUT2D eigenvalue weighted by Gasteiger charge is -2.15. The smallest absolute Gasteiger partial charge is 0.326 e. The fraction of sp³-hybridized carbons (Fsp3) is 0.800. The number of unbranched alkanes of at least 4 members (excludes halogenated alkanes) is 13. The third-order valence-corrected chi connectivity index (χ3v) is 9.19. The molecule has 0 aromatic heterocycles. The lowest BCUT2D eigenvalue weighted by molar-refractivity contribution is -0.142. The van der Waals surface area contributed by atoms with Crippen LogP contribution in [0.25, 0.3) is 0 Å². The Morgan fingerprint density at radius 3 is 1.35 bits per heavy atom. The Kier molecular flexibility index (Phi) is 36.3. The average molecular weight is 858 g/mol. The van der Waals surface area contributed by atoms with Crippen molar-refractivity contribution in [3.63, 3.8) is 0 Å². The van der Waals surface area contributed by atoms with Gasteiger partial charge in [0.2, 0.25) is 29.5 Å². The quantitative estimate of drug-likeness (QED) is 0.0331. The lowest BCUT2D eigenvalue weighted by Crippen LogP contribution is -2.43. The van der Waals surface area contributed by atoms with Crippen LogP contribution in [-0.4, -0.2) is 143 Å². The molecule has 0 radical (unpaired) electrons. The van der Waals surface area contributed by atoms with Crippen LogP contribution in [0.5, 0.6) is 0 Å². The van der Waals surface area contributed by atoms with Gasteiger partial charge in [-0.25, -0.2) is 4.79 Å². The molecule has 0 aliphatic rings. The van der Waals surface area contributed by atoms with Gasteiger partial charge in [0.1, 0.15) is 24.9 Å². The van der Waals surface area contributed by atoms with Crippen LogP contribution in [0, 0.1) is 0 Å². The number of hydrogen-bond acceptors (Lipinski definition) is 12. The van der Waals surface area contributed by atoms with Crippen LogP contribution in [0.3, 0.4) is 0 Å². The molecule has 5 amide bonds. The zero-order valence-corrected chi connectivity index (χ0v) is 35.7. The number of rotatable bonds is 43. The molecule has 60 heavy (non-hydrogen) atoms. The number of carbonyl (C=O) groups is 8. The summed E-state index contributed by atoms with van der Waals surface area (Å²) < 4.78 is 21.2. The first-order valence-electron chi connectivity index (χ1n) is 21.5. The molecule has 0 bridgehead atoms. The van der Waals surface area contributed by atoms with E-state index >= 15 is 0 Å². The van der Waals surface area contributed by atoms with Crippen molar-refractivity contribution in [3.05, 3.63) is 0 Å². The van der Waals surface area contributed by atoms with Gasteiger partial charge in [-0.05, 0) is 25.7 Å². The second-order valence-electron chi connectivity index (χ2n) is 14.6. The van der Waals surface area contributed by atoms with E-state index in [9.17, 15) is 43.5 Å². The summed E-state index contributed by atoms with van der Waals surface area (Å²) >= 11 is 0. The van der Waals surface area contributed by atoms with E-state index in [4.69, 9.17) is 29.8 Å².